The van der Waals surface area contributed by atoms with E-state index in [2.05, 4.69) is 27.1 Å². The monoisotopic (exact) mass is 274 g/mol. The van der Waals surface area contributed by atoms with Crippen LogP contribution in [0.1, 0.15) is 38.9 Å². The van der Waals surface area contributed by atoms with Crippen LogP contribution in [0.3, 0.4) is 0 Å². The first-order valence-electron chi connectivity index (χ1n) is 7.07. The summed E-state index contributed by atoms with van der Waals surface area (Å²) in [6.07, 6.45) is 5.54. The van der Waals surface area contributed by atoms with Crippen LogP contribution >= 0.6 is 0 Å². The van der Waals surface area contributed by atoms with Gasteiger partial charge in [-0.2, -0.15) is 0 Å². The second-order valence-electron chi connectivity index (χ2n) is 4.87. The molecule has 3 rings (SSSR count). The van der Waals surface area contributed by atoms with E-state index >= 15 is 0 Å². The highest BCUT2D eigenvalue weighted by atomic mass is 16.1. The zero-order valence-corrected chi connectivity index (χ0v) is 11.8. The summed E-state index contributed by atoms with van der Waals surface area (Å²) < 4.78 is 3.57. The molecule has 0 saturated heterocycles. The largest absolute Gasteiger partial charge is 0.339 e. The Bertz CT molecular complexity index is 796. The van der Waals surface area contributed by atoms with E-state index in [1.165, 1.54) is 0 Å². The number of aromatic amines is 1. The van der Waals surface area contributed by atoms with Gasteiger partial charge >= 0.3 is 0 Å². The summed E-state index contributed by atoms with van der Waals surface area (Å²) in [6, 6.07) is 0. The van der Waals surface area contributed by atoms with E-state index in [4.69, 9.17) is 0 Å². The molecule has 1 N–H and O–H groups in total. The van der Waals surface area contributed by atoms with E-state index in [-0.39, 0.29) is 5.56 Å². The van der Waals surface area contributed by atoms with E-state index in [0.29, 0.717) is 29.2 Å². The van der Waals surface area contributed by atoms with Crippen molar-refractivity contribution >= 4 is 16.9 Å². The fourth-order valence-electron chi connectivity index (χ4n) is 2.50. The maximum atomic E-state index is 12.5. The van der Waals surface area contributed by atoms with Crippen LogP contribution in [0.4, 0.5) is 0 Å². The predicted octanol–water partition coefficient (Wildman–Crippen LogP) is 1.52. The first kappa shape index (κ1) is 12.8. The minimum absolute atomic E-state index is 0.124. The molecule has 3 heterocycles. The minimum Gasteiger partial charge on any atom is -0.339 e. The Kier molecular flexibility index (Phi) is 3.25. The molecule has 0 amide bonds. The Morgan fingerprint density at radius 3 is 2.85 bits per heavy atom. The summed E-state index contributed by atoms with van der Waals surface area (Å²) in [5.41, 5.74) is 1.05. The van der Waals surface area contributed by atoms with Gasteiger partial charge < -0.3 is 4.98 Å². The number of fused-ring (bicyclic) bond motifs is 2. The number of hydrogen-bond donors (Lipinski definition) is 1. The van der Waals surface area contributed by atoms with Gasteiger partial charge in [-0.1, -0.05) is 26.7 Å². The summed E-state index contributed by atoms with van der Waals surface area (Å²) in [4.78, 5) is 19.7. The van der Waals surface area contributed by atoms with Crippen molar-refractivity contribution in [1.82, 2.24) is 29.1 Å². The molecular weight excluding hydrogens is 256 g/mol. The van der Waals surface area contributed by atoms with Crippen LogP contribution in [0.25, 0.3) is 16.9 Å². The first-order valence-corrected chi connectivity index (χ1v) is 7.07. The molecule has 3 aromatic heterocycles. The highest BCUT2D eigenvalue weighted by Gasteiger charge is 2.16. The molecule has 0 saturated carbocycles. The number of imidazole rings is 1. The third-order valence-corrected chi connectivity index (χ3v) is 3.55. The van der Waals surface area contributed by atoms with Gasteiger partial charge in [0.05, 0.1) is 6.33 Å². The van der Waals surface area contributed by atoms with Gasteiger partial charge in [0.2, 0.25) is 5.78 Å². The van der Waals surface area contributed by atoms with Crippen LogP contribution in [0.5, 0.6) is 0 Å². The zero-order valence-electron chi connectivity index (χ0n) is 11.8. The van der Waals surface area contributed by atoms with Gasteiger partial charge in [0, 0.05) is 13.0 Å². The highest BCUT2D eigenvalue weighted by molar-refractivity contribution is 5.72. The van der Waals surface area contributed by atoms with Crippen LogP contribution in [0.2, 0.25) is 0 Å². The maximum Gasteiger partial charge on any atom is 0.286 e. The molecule has 0 bridgehead atoms. The highest BCUT2D eigenvalue weighted by Crippen LogP contribution is 2.12. The Morgan fingerprint density at radius 1 is 1.25 bits per heavy atom. The first-order chi connectivity index (χ1) is 9.77. The fraction of sp³-hybridized carbons (Fsp3) is 0.538. The molecule has 0 spiro atoms. The molecule has 106 valence electrons. The predicted molar refractivity (Wildman–Crippen MR) is 75.8 cm³/mol. The third kappa shape index (κ3) is 1.81. The lowest BCUT2D eigenvalue weighted by Crippen LogP contribution is -2.21. The third-order valence-electron chi connectivity index (χ3n) is 3.55. The number of rotatable bonds is 5. The summed E-state index contributed by atoms with van der Waals surface area (Å²) in [7, 11) is 0. The van der Waals surface area contributed by atoms with Crippen molar-refractivity contribution < 1.29 is 0 Å². The van der Waals surface area contributed by atoms with Gasteiger partial charge in [-0.25, -0.2) is 9.38 Å². The number of aryl methyl sites for hydroxylation is 2. The molecule has 0 unspecified atom stereocenters. The van der Waals surface area contributed by atoms with E-state index in [9.17, 15) is 4.79 Å². The molecule has 3 aromatic rings. The Hall–Kier alpha value is -2.18. The SMILES string of the molecule is CCCCCn1c2nc[nH]c2c(=O)n2c(CC)nnc12. The number of nitrogens with one attached hydrogen (secondary N) is 1. The summed E-state index contributed by atoms with van der Waals surface area (Å²) in [6.45, 7) is 4.92. The molecule has 0 aliphatic rings. The molecule has 0 fully saturated rings. The van der Waals surface area contributed by atoms with E-state index in [1.807, 2.05) is 11.5 Å². The van der Waals surface area contributed by atoms with Crippen LogP contribution in [-0.4, -0.2) is 29.1 Å². The van der Waals surface area contributed by atoms with Crippen LogP contribution in [0, 0.1) is 0 Å². The van der Waals surface area contributed by atoms with Crippen molar-refractivity contribution in [2.24, 2.45) is 0 Å². The molecule has 0 radical (unpaired) electrons. The molecular formula is C13H18N6O. The molecule has 0 aliphatic heterocycles. The van der Waals surface area contributed by atoms with Crippen LogP contribution in [-0.2, 0) is 13.0 Å². The van der Waals surface area contributed by atoms with Gasteiger partial charge in [0.25, 0.3) is 5.56 Å². The number of unbranched alkanes of at least 4 members (excludes halogenated alkanes) is 2. The lowest BCUT2D eigenvalue weighted by Gasteiger charge is -2.08. The van der Waals surface area contributed by atoms with Crippen molar-refractivity contribution in [2.75, 3.05) is 0 Å². The summed E-state index contributed by atoms with van der Waals surface area (Å²) >= 11 is 0. The lowest BCUT2D eigenvalue weighted by atomic mass is 10.2. The zero-order chi connectivity index (χ0) is 14.1. The molecule has 0 aliphatic carbocycles. The Labute approximate surface area is 115 Å². The van der Waals surface area contributed by atoms with Crippen molar-refractivity contribution in [3.63, 3.8) is 0 Å². The van der Waals surface area contributed by atoms with Crippen LogP contribution < -0.4 is 5.56 Å². The molecule has 0 aromatic carbocycles. The molecule has 20 heavy (non-hydrogen) atoms. The fourth-order valence-corrected chi connectivity index (χ4v) is 2.50. The van der Waals surface area contributed by atoms with Crippen LogP contribution in [0.15, 0.2) is 11.1 Å². The van der Waals surface area contributed by atoms with Gasteiger partial charge in [0.1, 0.15) is 11.3 Å². The van der Waals surface area contributed by atoms with Crippen molar-refractivity contribution in [1.29, 1.82) is 0 Å². The minimum atomic E-state index is -0.124. The summed E-state index contributed by atoms with van der Waals surface area (Å²) in [5, 5.41) is 8.30. The summed E-state index contributed by atoms with van der Waals surface area (Å²) in [5.74, 6) is 1.27. The second kappa shape index (κ2) is 5.07. The maximum absolute atomic E-state index is 12.5. The number of hydrogen-bond acceptors (Lipinski definition) is 4. The average Bonchev–Trinajstić information content (AvgIpc) is 3.09. The average molecular weight is 274 g/mol. The normalized spacial score (nSPS) is 11.7. The number of nitrogens with zero attached hydrogens (tertiary/aromatic N) is 5. The second-order valence-corrected chi connectivity index (χ2v) is 4.87. The van der Waals surface area contributed by atoms with Crippen molar-refractivity contribution in [2.45, 2.75) is 46.1 Å². The van der Waals surface area contributed by atoms with Gasteiger partial charge in [-0.15, -0.1) is 10.2 Å². The van der Waals surface area contributed by atoms with Gasteiger partial charge in [-0.05, 0) is 6.42 Å². The molecule has 0 atom stereocenters. The van der Waals surface area contributed by atoms with Crippen molar-refractivity contribution in [3.8, 4) is 0 Å². The Balaban J connectivity index is 2.28. The smallest absolute Gasteiger partial charge is 0.286 e. The molecule has 7 nitrogen and oxygen atoms in total. The van der Waals surface area contributed by atoms with E-state index < -0.39 is 0 Å². The number of aromatic nitrogens is 6. The van der Waals surface area contributed by atoms with Crippen molar-refractivity contribution in [3.05, 3.63) is 22.5 Å². The standard InChI is InChI=1S/C13H18N6O/c1-3-5-6-7-18-11-10(14-8-15-11)12(20)19-9(4-2)16-17-13(18)19/h8H,3-7H2,1-2H3,(H,14,15). The Morgan fingerprint density at radius 2 is 2.10 bits per heavy atom. The lowest BCUT2D eigenvalue weighted by molar-refractivity contribution is 0.612. The number of H-pyrrole nitrogens is 1. The molecule has 7 heteroatoms. The van der Waals surface area contributed by atoms with Gasteiger partial charge in [-0.3, -0.25) is 9.36 Å². The topological polar surface area (TPSA) is 80.9 Å². The van der Waals surface area contributed by atoms with Gasteiger partial charge in [0.15, 0.2) is 5.65 Å². The quantitative estimate of drug-likeness (QED) is 0.715. The van der Waals surface area contributed by atoms with E-state index in [0.717, 1.165) is 25.8 Å². The van der Waals surface area contributed by atoms with E-state index in [1.54, 1.807) is 10.7 Å².